The molecule has 1 amide bonds. The Kier molecular flexibility index (Phi) is 3.72. The van der Waals surface area contributed by atoms with Gasteiger partial charge in [0, 0.05) is 23.5 Å². The molecule has 110 valence electrons. The maximum Gasteiger partial charge on any atom is 0.270 e. The molecular weight excluding hydrogens is 272 g/mol. The summed E-state index contributed by atoms with van der Waals surface area (Å²) in [5.41, 5.74) is 0.669. The second-order valence-electron chi connectivity index (χ2n) is 5.00. The second-order valence-corrected chi connectivity index (χ2v) is 5.00. The molecule has 1 aliphatic heterocycles. The molecule has 6 nitrogen and oxygen atoms in total. The quantitative estimate of drug-likeness (QED) is 0.836. The van der Waals surface area contributed by atoms with Gasteiger partial charge in [-0.05, 0) is 12.1 Å². The molecule has 1 aliphatic rings. The number of carbonyl (C=O) groups is 1. The molecule has 1 saturated heterocycles. The number of carbonyl (C=O) groups excluding carboxylic acids is 1. The summed E-state index contributed by atoms with van der Waals surface area (Å²) in [6, 6.07) is 8.00. The number of aromatic amines is 1. The maximum absolute atomic E-state index is 12.6. The van der Waals surface area contributed by atoms with Gasteiger partial charge in [0.2, 0.25) is 0 Å². The van der Waals surface area contributed by atoms with E-state index in [1.165, 1.54) is 6.07 Å². The zero-order valence-corrected chi connectivity index (χ0v) is 11.4. The fourth-order valence-corrected chi connectivity index (χ4v) is 2.54. The predicted octanol–water partition coefficient (Wildman–Crippen LogP) is 0.361. The lowest BCUT2D eigenvalue weighted by Crippen LogP contribution is -2.50. The molecule has 1 unspecified atom stereocenters. The molecule has 1 fully saturated rings. The molecule has 2 heterocycles. The third kappa shape index (κ3) is 2.55. The molecule has 2 aromatic rings. The van der Waals surface area contributed by atoms with Crippen molar-refractivity contribution in [2.75, 3.05) is 26.4 Å². The van der Waals surface area contributed by atoms with Crippen LogP contribution in [0.25, 0.3) is 10.9 Å². The first kappa shape index (κ1) is 13.8. The van der Waals surface area contributed by atoms with Crippen LogP contribution in [0.1, 0.15) is 10.5 Å². The van der Waals surface area contributed by atoms with Crippen LogP contribution in [0.15, 0.2) is 35.1 Å². The van der Waals surface area contributed by atoms with Gasteiger partial charge in [0.15, 0.2) is 5.43 Å². The summed E-state index contributed by atoms with van der Waals surface area (Å²) >= 11 is 0. The SMILES string of the molecule is O=C(c1cc(=O)c2ccccc2[nH]1)N1CCOCC1CO. The van der Waals surface area contributed by atoms with Gasteiger partial charge in [0.1, 0.15) is 5.69 Å². The number of hydrogen-bond donors (Lipinski definition) is 2. The van der Waals surface area contributed by atoms with Crippen LogP contribution >= 0.6 is 0 Å². The average Bonchev–Trinajstić information content (AvgIpc) is 2.54. The lowest BCUT2D eigenvalue weighted by molar-refractivity contribution is -0.0186. The third-order valence-corrected chi connectivity index (χ3v) is 3.67. The summed E-state index contributed by atoms with van der Waals surface area (Å²) in [4.78, 5) is 29.2. The Morgan fingerprint density at radius 3 is 3.05 bits per heavy atom. The minimum atomic E-state index is -0.374. The molecule has 6 heteroatoms. The van der Waals surface area contributed by atoms with Crippen molar-refractivity contribution in [1.29, 1.82) is 0 Å². The van der Waals surface area contributed by atoms with E-state index in [1.54, 1.807) is 29.2 Å². The van der Waals surface area contributed by atoms with E-state index in [0.717, 1.165) is 0 Å². The van der Waals surface area contributed by atoms with Gasteiger partial charge in [0.25, 0.3) is 5.91 Å². The highest BCUT2D eigenvalue weighted by Crippen LogP contribution is 2.13. The summed E-state index contributed by atoms with van der Waals surface area (Å²) in [7, 11) is 0. The van der Waals surface area contributed by atoms with E-state index in [9.17, 15) is 14.7 Å². The number of amides is 1. The number of morpholine rings is 1. The van der Waals surface area contributed by atoms with Crippen molar-refractivity contribution in [2.45, 2.75) is 6.04 Å². The second kappa shape index (κ2) is 5.67. The molecule has 0 saturated carbocycles. The molecule has 1 aromatic heterocycles. The Labute approximate surface area is 121 Å². The van der Waals surface area contributed by atoms with E-state index >= 15 is 0 Å². The number of rotatable bonds is 2. The number of hydrogen-bond acceptors (Lipinski definition) is 4. The van der Waals surface area contributed by atoms with Crippen LogP contribution < -0.4 is 5.43 Å². The van der Waals surface area contributed by atoms with Crippen LogP contribution in [-0.4, -0.2) is 53.3 Å². The first-order chi connectivity index (χ1) is 10.2. The number of H-pyrrole nitrogens is 1. The zero-order valence-electron chi connectivity index (χ0n) is 11.4. The monoisotopic (exact) mass is 288 g/mol. The molecule has 21 heavy (non-hydrogen) atoms. The Hall–Kier alpha value is -2.18. The van der Waals surface area contributed by atoms with Gasteiger partial charge in [-0.15, -0.1) is 0 Å². The number of nitrogens with one attached hydrogen (secondary N) is 1. The van der Waals surface area contributed by atoms with Crippen molar-refractivity contribution in [3.8, 4) is 0 Å². The summed E-state index contributed by atoms with van der Waals surface area (Å²) in [6.07, 6.45) is 0. The lowest BCUT2D eigenvalue weighted by atomic mass is 10.1. The maximum atomic E-state index is 12.6. The highest BCUT2D eigenvalue weighted by molar-refractivity contribution is 5.95. The van der Waals surface area contributed by atoms with E-state index in [4.69, 9.17) is 4.74 Å². The molecule has 2 N–H and O–H groups in total. The Morgan fingerprint density at radius 2 is 2.24 bits per heavy atom. The summed E-state index contributed by atoms with van der Waals surface area (Å²) in [5, 5.41) is 9.89. The molecular formula is C15H16N2O4. The van der Waals surface area contributed by atoms with Crippen molar-refractivity contribution in [3.05, 3.63) is 46.2 Å². The number of benzene rings is 1. The van der Waals surface area contributed by atoms with Gasteiger partial charge in [-0.3, -0.25) is 9.59 Å². The normalized spacial score (nSPS) is 18.9. The van der Waals surface area contributed by atoms with Gasteiger partial charge >= 0.3 is 0 Å². The van der Waals surface area contributed by atoms with Crippen molar-refractivity contribution in [3.63, 3.8) is 0 Å². The van der Waals surface area contributed by atoms with Crippen molar-refractivity contribution < 1.29 is 14.6 Å². The summed E-state index contributed by atoms with van der Waals surface area (Å²) in [6.45, 7) is 0.975. The molecule has 3 rings (SSSR count). The first-order valence-corrected chi connectivity index (χ1v) is 6.82. The summed E-state index contributed by atoms with van der Waals surface area (Å²) < 4.78 is 5.26. The van der Waals surface area contributed by atoms with Crippen LogP contribution in [0, 0.1) is 0 Å². The zero-order chi connectivity index (χ0) is 14.8. The van der Waals surface area contributed by atoms with Crippen molar-refractivity contribution in [2.24, 2.45) is 0 Å². The molecule has 0 radical (unpaired) electrons. The average molecular weight is 288 g/mol. The standard InChI is InChI=1S/C15H16N2O4/c18-8-10-9-21-6-5-17(10)15(20)13-7-14(19)11-3-1-2-4-12(11)16-13/h1-4,7,10,18H,5-6,8-9H2,(H,16,19). The third-order valence-electron chi connectivity index (χ3n) is 3.67. The first-order valence-electron chi connectivity index (χ1n) is 6.82. The lowest BCUT2D eigenvalue weighted by Gasteiger charge is -2.34. The topological polar surface area (TPSA) is 82.6 Å². The van der Waals surface area contributed by atoms with Crippen LogP contribution in [0.2, 0.25) is 0 Å². The highest BCUT2D eigenvalue weighted by Gasteiger charge is 2.28. The predicted molar refractivity (Wildman–Crippen MR) is 77.3 cm³/mol. The van der Waals surface area contributed by atoms with Gasteiger partial charge in [-0.2, -0.15) is 0 Å². The smallest absolute Gasteiger partial charge is 0.270 e. The largest absolute Gasteiger partial charge is 0.394 e. The molecule has 0 bridgehead atoms. The van der Waals surface area contributed by atoms with Gasteiger partial charge in [-0.25, -0.2) is 0 Å². The minimum Gasteiger partial charge on any atom is -0.394 e. The fourth-order valence-electron chi connectivity index (χ4n) is 2.54. The number of nitrogens with zero attached hydrogens (tertiary/aromatic N) is 1. The van der Waals surface area contributed by atoms with Crippen LogP contribution in [0.3, 0.4) is 0 Å². The minimum absolute atomic E-state index is 0.163. The van der Waals surface area contributed by atoms with Gasteiger partial charge in [-0.1, -0.05) is 12.1 Å². The van der Waals surface area contributed by atoms with Crippen molar-refractivity contribution in [1.82, 2.24) is 9.88 Å². The fraction of sp³-hybridized carbons (Fsp3) is 0.333. The highest BCUT2D eigenvalue weighted by atomic mass is 16.5. The number of aromatic nitrogens is 1. The van der Waals surface area contributed by atoms with E-state index in [0.29, 0.717) is 30.7 Å². The number of aliphatic hydroxyl groups excluding tert-OH is 1. The van der Waals surface area contributed by atoms with E-state index in [-0.39, 0.29) is 29.7 Å². The molecule has 1 atom stereocenters. The number of ether oxygens (including phenoxy) is 1. The molecule has 0 spiro atoms. The van der Waals surface area contributed by atoms with Gasteiger partial charge < -0.3 is 19.7 Å². The molecule has 1 aromatic carbocycles. The van der Waals surface area contributed by atoms with Gasteiger partial charge in [0.05, 0.1) is 25.9 Å². The van der Waals surface area contributed by atoms with Crippen LogP contribution in [0.5, 0.6) is 0 Å². The van der Waals surface area contributed by atoms with Crippen LogP contribution in [-0.2, 0) is 4.74 Å². The number of para-hydroxylation sites is 1. The number of fused-ring (bicyclic) bond motifs is 1. The summed E-state index contributed by atoms with van der Waals surface area (Å²) in [5.74, 6) is -0.291. The van der Waals surface area contributed by atoms with E-state index in [1.807, 2.05) is 0 Å². The number of pyridine rings is 1. The Morgan fingerprint density at radius 1 is 1.43 bits per heavy atom. The number of aliphatic hydroxyl groups is 1. The van der Waals surface area contributed by atoms with E-state index in [2.05, 4.69) is 4.98 Å². The van der Waals surface area contributed by atoms with Crippen molar-refractivity contribution >= 4 is 16.8 Å². The Bertz CT molecular complexity index is 725. The van der Waals surface area contributed by atoms with Crippen LogP contribution in [0.4, 0.5) is 0 Å². The van der Waals surface area contributed by atoms with E-state index < -0.39 is 0 Å². The Balaban J connectivity index is 1.99. The molecule has 0 aliphatic carbocycles.